The van der Waals surface area contributed by atoms with Gasteiger partial charge in [0, 0.05) is 12.1 Å². The number of nitrogens with one attached hydrogen (secondary N) is 1. The van der Waals surface area contributed by atoms with Crippen molar-refractivity contribution in [1.82, 2.24) is 5.32 Å². The summed E-state index contributed by atoms with van der Waals surface area (Å²) in [4.78, 5) is 0. The molecule has 0 aromatic carbocycles. The third-order valence-corrected chi connectivity index (χ3v) is 5.79. The molecule has 0 atom stereocenters. The molecule has 3 aliphatic carbocycles. The number of hydrogen-bond donors (Lipinski definition) is 1. The van der Waals surface area contributed by atoms with E-state index in [1.54, 1.807) is 0 Å². The number of rotatable bonds is 4. The summed E-state index contributed by atoms with van der Waals surface area (Å²) in [6.45, 7) is 0. The smallest absolute Gasteiger partial charge is 0.0126 e. The molecule has 3 saturated carbocycles. The molecule has 116 valence electrons. The molecule has 0 aromatic rings. The highest BCUT2D eigenvalue weighted by molar-refractivity contribution is 4.97. The van der Waals surface area contributed by atoms with E-state index >= 15 is 0 Å². The fourth-order valence-electron chi connectivity index (χ4n) is 4.17. The van der Waals surface area contributed by atoms with Gasteiger partial charge >= 0.3 is 0 Å². The first kappa shape index (κ1) is 14.9. The lowest BCUT2D eigenvalue weighted by atomic mass is 9.96. The van der Waals surface area contributed by atoms with Gasteiger partial charge in [-0.05, 0) is 50.4 Å². The second-order valence-corrected chi connectivity index (χ2v) is 7.82. The van der Waals surface area contributed by atoms with Crippen molar-refractivity contribution in [2.45, 2.75) is 108 Å². The van der Waals surface area contributed by atoms with Gasteiger partial charge in [0.1, 0.15) is 0 Å². The summed E-state index contributed by atoms with van der Waals surface area (Å²) >= 11 is 0. The van der Waals surface area contributed by atoms with E-state index in [4.69, 9.17) is 0 Å². The lowest BCUT2D eigenvalue weighted by molar-refractivity contribution is 0.321. The molecule has 0 spiro atoms. The van der Waals surface area contributed by atoms with Crippen LogP contribution in [0.1, 0.15) is 96.3 Å². The molecule has 20 heavy (non-hydrogen) atoms. The van der Waals surface area contributed by atoms with E-state index < -0.39 is 0 Å². The molecule has 0 heterocycles. The van der Waals surface area contributed by atoms with Crippen molar-refractivity contribution < 1.29 is 0 Å². The van der Waals surface area contributed by atoms with Crippen LogP contribution in [0.4, 0.5) is 0 Å². The molecule has 0 aromatic heterocycles. The molecule has 1 heteroatoms. The summed E-state index contributed by atoms with van der Waals surface area (Å²) in [6, 6.07) is 1.76. The van der Waals surface area contributed by atoms with Gasteiger partial charge in [-0.25, -0.2) is 0 Å². The molecule has 0 aliphatic heterocycles. The van der Waals surface area contributed by atoms with Crippen LogP contribution in [0.15, 0.2) is 0 Å². The molecule has 0 radical (unpaired) electrons. The minimum Gasteiger partial charge on any atom is -0.311 e. The standard InChI is InChI=1S/C19H35N/c1-2-4-6-8-10-18(11-9-7-5-3-1)20-19(16-12-13-16)17-14-15-17/h16-20H,1-15H2. The van der Waals surface area contributed by atoms with Gasteiger partial charge in [-0.3, -0.25) is 0 Å². The SMILES string of the molecule is C1CCCCCC(NC(C2CC2)C2CC2)CCCCC1. The summed E-state index contributed by atoms with van der Waals surface area (Å²) in [6.07, 6.45) is 22.3. The minimum atomic E-state index is 0.848. The van der Waals surface area contributed by atoms with Crippen LogP contribution in [0.5, 0.6) is 0 Å². The first-order valence-electron chi connectivity index (χ1n) is 9.69. The molecular formula is C19H35N. The zero-order chi connectivity index (χ0) is 13.6. The van der Waals surface area contributed by atoms with Crippen molar-refractivity contribution in [1.29, 1.82) is 0 Å². The van der Waals surface area contributed by atoms with E-state index in [0.29, 0.717) is 0 Å². The Morgan fingerprint density at radius 1 is 0.500 bits per heavy atom. The second-order valence-electron chi connectivity index (χ2n) is 7.82. The van der Waals surface area contributed by atoms with Gasteiger partial charge in [0.05, 0.1) is 0 Å². The average Bonchev–Trinajstić information content (AvgIpc) is 3.31. The van der Waals surface area contributed by atoms with Crippen molar-refractivity contribution in [2.24, 2.45) is 11.8 Å². The zero-order valence-electron chi connectivity index (χ0n) is 13.4. The van der Waals surface area contributed by atoms with Crippen LogP contribution >= 0.6 is 0 Å². The fourth-order valence-corrected chi connectivity index (χ4v) is 4.17. The third kappa shape index (κ3) is 5.06. The van der Waals surface area contributed by atoms with Gasteiger partial charge in [-0.2, -0.15) is 0 Å². The Morgan fingerprint density at radius 2 is 0.900 bits per heavy atom. The van der Waals surface area contributed by atoms with E-state index in [1.165, 1.54) is 96.3 Å². The van der Waals surface area contributed by atoms with Crippen LogP contribution in [-0.2, 0) is 0 Å². The van der Waals surface area contributed by atoms with Crippen LogP contribution in [-0.4, -0.2) is 12.1 Å². The van der Waals surface area contributed by atoms with Crippen LogP contribution in [0.25, 0.3) is 0 Å². The summed E-state index contributed by atoms with van der Waals surface area (Å²) in [5.74, 6) is 2.12. The van der Waals surface area contributed by atoms with Gasteiger partial charge in [0.25, 0.3) is 0 Å². The lowest BCUT2D eigenvalue weighted by Crippen LogP contribution is -2.41. The summed E-state index contributed by atoms with van der Waals surface area (Å²) < 4.78 is 0. The highest BCUT2D eigenvalue weighted by Crippen LogP contribution is 2.45. The molecule has 0 amide bonds. The Bertz CT molecular complexity index is 243. The molecule has 3 aliphatic rings. The molecule has 0 saturated heterocycles. The van der Waals surface area contributed by atoms with Gasteiger partial charge in [-0.1, -0.05) is 57.8 Å². The first-order valence-corrected chi connectivity index (χ1v) is 9.69. The zero-order valence-corrected chi connectivity index (χ0v) is 13.4. The number of hydrogen-bond acceptors (Lipinski definition) is 1. The quantitative estimate of drug-likeness (QED) is 0.721. The van der Waals surface area contributed by atoms with Gasteiger partial charge in [-0.15, -0.1) is 0 Å². The normalized spacial score (nSPS) is 28.1. The Balaban J connectivity index is 1.45. The molecular weight excluding hydrogens is 242 g/mol. The fraction of sp³-hybridized carbons (Fsp3) is 1.00. The van der Waals surface area contributed by atoms with Gasteiger partial charge < -0.3 is 5.32 Å². The van der Waals surface area contributed by atoms with Crippen molar-refractivity contribution >= 4 is 0 Å². The largest absolute Gasteiger partial charge is 0.311 e. The monoisotopic (exact) mass is 277 g/mol. The summed E-state index contributed by atoms with van der Waals surface area (Å²) in [5, 5.41) is 4.13. The van der Waals surface area contributed by atoms with Crippen molar-refractivity contribution in [3.05, 3.63) is 0 Å². The van der Waals surface area contributed by atoms with E-state index in [-0.39, 0.29) is 0 Å². The Kier molecular flexibility index (Phi) is 5.82. The molecule has 3 rings (SSSR count). The van der Waals surface area contributed by atoms with E-state index in [9.17, 15) is 0 Å². The van der Waals surface area contributed by atoms with Gasteiger partial charge in [0.15, 0.2) is 0 Å². The van der Waals surface area contributed by atoms with Crippen LogP contribution in [0, 0.1) is 11.8 Å². The van der Waals surface area contributed by atoms with Crippen LogP contribution in [0.2, 0.25) is 0 Å². The van der Waals surface area contributed by atoms with E-state index in [1.807, 2.05) is 0 Å². The maximum Gasteiger partial charge on any atom is 0.0126 e. The molecule has 3 fully saturated rings. The van der Waals surface area contributed by atoms with E-state index in [2.05, 4.69) is 5.32 Å². The summed E-state index contributed by atoms with van der Waals surface area (Å²) in [5.41, 5.74) is 0. The molecule has 1 nitrogen and oxygen atoms in total. The lowest BCUT2D eigenvalue weighted by Gasteiger charge is -2.26. The Hall–Kier alpha value is -0.0400. The maximum atomic E-state index is 4.13. The molecule has 0 bridgehead atoms. The average molecular weight is 277 g/mol. The van der Waals surface area contributed by atoms with Gasteiger partial charge in [0.2, 0.25) is 0 Å². The highest BCUT2D eigenvalue weighted by atomic mass is 15.0. The second kappa shape index (κ2) is 7.82. The molecule has 1 N–H and O–H groups in total. The maximum absolute atomic E-state index is 4.13. The Labute approximate surface area is 126 Å². The van der Waals surface area contributed by atoms with Crippen molar-refractivity contribution in [2.75, 3.05) is 0 Å². The Morgan fingerprint density at radius 3 is 1.30 bits per heavy atom. The van der Waals surface area contributed by atoms with Crippen LogP contribution < -0.4 is 5.32 Å². The predicted octanol–water partition coefficient (Wildman–Crippen LogP) is 5.44. The topological polar surface area (TPSA) is 12.0 Å². The minimum absolute atomic E-state index is 0.848. The van der Waals surface area contributed by atoms with Crippen molar-refractivity contribution in [3.63, 3.8) is 0 Å². The predicted molar refractivity (Wildman–Crippen MR) is 86.9 cm³/mol. The third-order valence-electron chi connectivity index (χ3n) is 5.79. The molecule has 0 unspecified atom stereocenters. The van der Waals surface area contributed by atoms with Crippen LogP contribution in [0.3, 0.4) is 0 Å². The highest BCUT2D eigenvalue weighted by Gasteiger charge is 2.41. The van der Waals surface area contributed by atoms with E-state index in [0.717, 1.165) is 23.9 Å². The summed E-state index contributed by atoms with van der Waals surface area (Å²) in [7, 11) is 0. The van der Waals surface area contributed by atoms with Crippen molar-refractivity contribution in [3.8, 4) is 0 Å². The first-order chi connectivity index (χ1) is 9.93.